The zero-order valence-electron chi connectivity index (χ0n) is 6.56. The van der Waals surface area contributed by atoms with Crippen molar-refractivity contribution in [3.05, 3.63) is 30.1 Å². The number of sulfone groups is 1. The van der Waals surface area contributed by atoms with Crippen LogP contribution in [0.15, 0.2) is 18.5 Å². The van der Waals surface area contributed by atoms with Crippen LogP contribution in [0.3, 0.4) is 0 Å². The second kappa shape index (κ2) is 3.20. The third-order valence-electron chi connectivity index (χ3n) is 1.41. The molecule has 5 heteroatoms. The van der Waals surface area contributed by atoms with Crippen molar-refractivity contribution < 1.29 is 8.42 Å². The average Bonchev–Trinajstić information content (AvgIpc) is 2.03. The SMILES string of the molecule is CS(=O)(=O)C(N)c1c[c]cnc1. The van der Waals surface area contributed by atoms with Gasteiger partial charge in [-0.25, -0.2) is 8.42 Å². The van der Waals surface area contributed by atoms with Crippen molar-refractivity contribution in [2.45, 2.75) is 5.37 Å². The predicted molar refractivity (Wildman–Crippen MR) is 44.8 cm³/mol. The second-order valence-corrected chi connectivity index (χ2v) is 4.64. The van der Waals surface area contributed by atoms with Crippen molar-refractivity contribution in [2.75, 3.05) is 6.26 Å². The number of rotatable bonds is 2. The standard InChI is InChI=1S/C7H9N2O2S/c1-12(10,11)7(8)6-3-2-4-9-5-6/h3-5,7H,8H2,1H3. The van der Waals surface area contributed by atoms with Gasteiger partial charge in [0.15, 0.2) is 9.84 Å². The van der Waals surface area contributed by atoms with E-state index >= 15 is 0 Å². The number of aromatic nitrogens is 1. The Morgan fingerprint density at radius 2 is 2.33 bits per heavy atom. The molecule has 0 saturated heterocycles. The summed E-state index contributed by atoms with van der Waals surface area (Å²) in [5.41, 5.74) is 5.88. The average molecular weight is 185 g/mol. The van der Waals surface area contributed by atoms with E-state index in [0.717, 1.165) is 6.26 Å². The lowest BCUT2D eigenvalue weighted by Gasteiger charge is -2.07. The van der Waals surface area contributed by atoms with Crippen molar-refractivity contribution >= 4 is 9.84 Å². The molecule has 0 bridgehead atoms. The highest BCUT2D eigenvalue weighted by atomic mass is 32.2. The van der Waals surface area contributed by atoms with Crippen molar-refractivity contribution in [3.8, 4) is 0 Å². The molecule has 12 heavy (non-hydrogen) atoms. The highest BCUT2D eigenvalue weighted by Crippen LogP contribution is 2.12. The zero-order chi connectivity index (χ0) is 9.19. The minimum atomic E-state index is -3.24. The van der Waals surface area contributed by atoms with Gasteiger partial charge < -0.3 is 5.73 Å². The molecule has 0 spiro atoms. The maximum absolute atomic E-state index is 11.0. The van der Waals surface area contributed by atoms with E-state index in [2.05, 4.69) is 11.1 Å². The van der Waals surface area contributed by atoms with Gasteiger partial charge in [0.05, 0.1) is 0 Å². The Hall–Kier alpha value is -0.940. The van der Waals surface area contributed by atoms with E-state index in [9.17, 15) is 8.42 Å². The number of hydrogen-bond donors (Lipinski definition) is 1. The molecule has 0 amide bonds. The first-order valence-corrected chi connectivity index (χ1v) is 5.22. The van der Waals surface area contributed by atoms with Crippen molar-refractivity contribution in [1.82, 2.24) is 4.98 Å². The van der Waals surface area contributed by atoms with Crippen molar-refractivity contribution in [1.29, 1.82) is 0 Å². The van der Waals surface area contributed by atoms with Gasteiger partial charge in [0.25, 0.3) is 0 Å². The minimum absolute atomic E-state index is 0.458. The summed E-state index contributed by atoms with van der Waals surface area (Å²) in [5, 5.41) is -0.998. The van der Waals surface area contributed by atoms with Crippen LogP contribution in [-0.4, -0.2) is 19.7 Å². The molecule has 2 N–H and O–H groups in total. The van der Waals surface area contributed by atoms with Crippen LogP contribution in [0.2, 0.25) is 0 Å². The summed E-state index contributed by atoms with van der Waals surface area (Å²) in [5.74, 6) is 0. The quantitative estimate of drug-likeness (QED) is 0.697. The maximum Gasteiger partial charge on any atom is 0.167 e. The summed E-state index contributed by atoms with van der Waals surface area (Å²) in [6, 6.07) is 4.17. The molecular weight excluding hydrogens is 176 g/mol. The summed E-state index contributed by atoms with van der Waals surface area (Å²) < 4.78 is 21.9. The summed E-state index contributed by atoms with van der Waals surface area (Å²) in [4.78, 5) is 3.72. The summed E-state index contributed by atoms with van der Waals surface area (Å²) >= 11 is 0. The van der Waals surface area contributed by atoms with Crippen molar-refractivity contribution in [2.24, 2.45) is 5.73 Å². The number of nitrogens with zero attached hydrogens (tertiary/aromatic N) is 1. The van der Waals surface area contributed by atoms with Gasteiger partial charge >= 0.3 is 0 Å². The maximum atomic E-state index is 11.0. The molecule has 0 aliphatic carbocycles. The van der Waals surface area contributed by atoms with Gasteiger partial charge in [-0.2, -0.15) is 0 Å². The van der Waals surface area contributed by atoms with Gasteiger partial charge in [0.1, 0.15) is 5.37 Å². The monoisotopic (exact) mass is 185 g/mol. The molecule has 1 radical (unpaired) electrons. The van der Waals surface area contributed by atoms with Crippen LogP contribution in [-0.2, 0) is 9.84 Å². The third kappa shape index (κ3) is 2.02. The lowest BCUT2D eigenvalue weighted by Crippen LogP contribution is -2.20. The van der Waals surface area contributed by atoms with E-state index in [-0.39, 0.29) is 0 Å². The fraction of sp³-hybridized carbons (Fsp3) is 0.286. The fourth-order valence-electron chi connectivity index (χ4n) is 0.740. The summed E-state index contributed by atoms with van der Waals surface area (Å²) in [6.07, 6.45) is 3.95. The minimum Gasteiger partial charge on any atom is -0.311 e. The predicted octanol–water partition coefficient (Wildman–Crippen LogP) is -0.116. The molecule has 0 fully saturated rings. The molecule has 1 aromatic heterocycles. The highest BCUT2D eigenvalue weighted by Gasteiger charge is 2.17. The third-order valence-corrected chi connectivity index (χ3v) is 2.61. The van der Waals surface area contributed by atoms with E-state index < -0.39 is 15.2 Å². The lowest BCUT2D eigenvalue weighted by molar-refractivity contribution is 0.589. The first-order valence-electron chi connectivity index (χ1n) is 3.27. The van der Waals surface area contributed by atoms with Crippen LogP contribution in [0.1, 0.15) is 10.9 Å². The Kier molecular flexibility index (Phi) is 2.44. The molecule has 1 unspecified atom stereocenters. The molecule has 65 valence electrons. The molecule has 0 aliphatic heterocycles. The van der Waals surface area contributed by atoms with Crippen LogP contribution in [0.5, 0.6) is 0 Å². The van der Waals surface area contributed by atoms with E-state index in [0.29, 0.717) is 5.56 Å². The normalized spacial score (nSPS) is 14.2. The van der Waals surface area contributed by atoms with Crippen LogP contribution in [0.4, 0.5) is 0 Å². The zero-order valence-corrected chi connectivity index (χ0v) is 7.38. The first kappa shape index (κ1) is 9.15. The first-order chi connectivity index (χ1) is 5.52. The molecule has 1 heterocycles. The molecule has 1 aromatic rings. The Labute approximate surface area is 71.3 Å². The molecule has 0 aliphatic rings. The van der Waals surface area contributed by atoms with Crippen LogP contribution in [0.25, 0.3) is 0 Å². The lowest BCUT2D eigenvalue weighted by atomic mass is 10.3. The largest absolute Gasteiger partial charge is 0.311 e. The molecule has 1 rings (SSSR count). The van der Waals surface area contributed by atoms with Gasteiger partial charge in [-0.15, -0.1) is 0 Å². The smallest absolute Gasteiger partial charge is 0.167 e. The van der Waals surface area contributed by atoms with Gasteiger partial charge in [-0.3, -0.25) is 4.98 Å². The summed E-state index contributed by atoms with van der Waals surface area (Å²) in [7, 11) is -3.24. The summed E-state index contributed by atoms with van der Waals surface area (Å²) in [6.45, 7) is 0. The molecular formula is C7H9N2O2S. The number of nitrogens with two attached hydrogens (primary N) is 1. The molecule has 0 aromatic carbocycles. The fourth-order valence-corrected chi connectivity index (χ4v) is 1.36. The van der Waals surface area contributed by atoms with Crippen LogP contribution in [0, 0.1) is 6.07 Å². The Bertz CT molecular complexity index is 347. The topological polar surface area (TPSA) is 73.0 Å². The number of pyridine rings is 1. The molecule has 0 saturated carbocycles. The Morgan fingerprint density at radius 3 is 2.75 bits per heavy atom. The highest BCUT2D eigenvalue weighted by molar-refractivity contribution is 7.90. The van der Waals surface area contributed by atoms with Crippen LogP contribution < -0.4 is 5.73 Å². The van der Waals surface area contributed by atoms with Gasteiger partial charge in [-0.1, -0.05) is 0 Å². The van der Waals surface area contributed by atoms with Gasteiger partial charge in [-0.05, 0) is 6.07 Å². The van der Waals surface area contributed by atoms with E-state index in [4.69, 9.17) is 5.73 Å². The van der Waals surface area contributed by atoms with E-state index in [1.165, 1.54) is 18.5 Å². The van der Waals surface area contributed by atoms with Crippen LogP contribution >= 0.6 is 0 Å². The Morgan fingerprint density at radius 1 is 1.67 bits per heavy atom. The molecule has 4 nitrogen and oxygen atoms in total. The number of hydrogen-bond acceptors (Lipinski definition) is 4. The Balaban J connectivity index is 3.02. The second-order valence-electron chi connectivity index (χ2n) is 2.47. The van der Waals surface area contributed by atoms with Crippen molar-refractivity contribution in [3.63, 3.8) is 0 Å². The molecule has 1 atom stereocenters. The van der Waals surface area contributed by atoms with E-state index in [1.807, 2.05) is 0 Å². The van der Waals surface area contributed by atoms with E-state index in [1.54, 1.807) is 0 Å². The van der Waals surface area contributed by atoms with Gasteiger partial charge in [0, 0.05) is 30.3 Å². The van der Waals surface area contributed by atoms with Gasteiger partial charge in [0.2, 0.25) is 0 Å².